The van der Waals surface area contributed by atoms with E-state index in [2.05, 4.69) is 21.6 Å². The number of hydrogen-bond acceptors (Lipinski definition) is 5. The predicted octanol–water partition coefficient (Wildman–Crippen LogP) is 2.31. The maximum atomic E-state index is 13.1. The minimum atomic E-state index is -0.645. The highest BCUT2D eigenvalue weighted by Crippen LogP contribution is 2.41. The second kappa shape index (κ2) is 9.10. The van der Waals surface area contributed by atoms with Gasteiger partial charge in [-0.05, 0) is 62.7 Å². The molecular weight excluding hydrogens is 406 g/mol. The topological polar surface area (TPSA) is 88.4 Å². The number of piperidine rings is 3. The van der Waals surface area contributed by atoms with E-state index in [0.717, 1.165) is 42.9 Å². The molecule has 3 aliphatic rings. The molecule has 3 aliphatic heterocycles. The second-order valence-corrected chi connectivity index (χ2v) is 9.06. The minimum absolute atomic E-state index is 0.209. The molecule has 0 saturated carbocycles. The van der Waals surface area contributed by atoms with Crippen molar-refractivity contribution >= 4 is 28.5 Å². The Kier molecular flexibility index (Phi) is 6.42. The summed E-state index contributed by atoms with van der Waals surface area (Å²) in [4.78, 5) is 39.5. The standard InChI is InChI=1S/C22H29N5O3.C2H6/c1-25-19-15(26-13-9-22(10-14-26)7-11-23-12-8-22)3-2-4-16(19)27(21(25)30)17-5-6-18(28)24-20(17)29;1-2/h2-4,17,23H,5-14H2,1H3,(H,24,28,29);1-2H3. The quantitative estimate of drug-likeness (QED) is 0.699. The van der Waals surface area contributed by atoms with Crippen molar-refractivity contribution in [1.29, 1.82) is 0 Å². The van der Waals surface area contributed by atoms with Crippen molar-refractivity contribution in [3.8, 4) is 0 Å². The third-order valence-electron chi connectivity index (χ3n) is 7.43. The van der Waals surface area contributed by atoms with Crippen LogP contribution in [-0.2, 0) is 16.6 Å². The van der Waals surface area contributed by atoms with Crippen molar-refractivity contribution in [2.24, 2.45) is 12.5 Å². The van der Waals surface area contributed by atoms with E-state index in [1.54, 1.807) is 16.2 Å². The number of benzene rings is 1. The summed E-state index contributed by atoms with van der Waals surface area (Å²) in [6.45, 7) is 8.19. The maximum absolute atomic E-state index is 13.1. The first-order chi connectivity index (χ1) is 15.5. The second-order valence-electron chi connectivity index (χ2n) is 9.06. The normalized spacial score (nSPS) is 23.1. The number of aryl methyl sites for hydroxylation is 1. The summed E-state index contributed by atoms with van der Waals surface area (Å²) >= 11 is 0. The van der Waals surface area contributed by atoms with Crippen LogP contribution in [0.4, 0.5) is 5.69 Å². The average Bonchev–Trinajstić information content (AvgIpc) is 3.07. The Morgan fingerprint density at radius 3 is 2.34 bits per heavy atom. The molecule has 3 fully saturated rings. The number of carbonyl (C=O) groups is 2. The lowest BCUT2D eigenvalue weighted by atomic mass is 9.71. The lowest BCUT2D eigenvalue weighted by Crippen LogP contribution is -2.45. The largest absolute Gasteiger partial charge is 0.370 e. The Morgan fingerprint density at radius 1 is 1.00 bits per heavy atom. The zero-order chi connectivity index (χ0) is 22.9. The van der Waals surface area contributed by atoms with E-state index in [0.29, 0.717) is 11.8 Å². The Labute approximate surface area is 188 Å². The van der Waals surface area contributed by atoms with Gasteiger partial charge in [0.15, 0.2) is 0 Å². The maximum Gasteiger partial charge on any atom is 0.329 e. The number of carbonyl (C=O) groups excluding carboxylic acids is 2. The van der Waals surface area contributed by atoms with Crippen molar-refractivity contribution in [1.82, 2.24) is 19.8 Å². The molecule has 1 aromatic carbocycles. The van der Waals surface area contributed by atoms with Gasteiger partial charge in [-0.25, -0.2) is 4.79 Å². The van der Waals surface area contributed by atoms with E-state index in [-0.39, 0.29) is 18.0 Å². The summed E-state index contributed by atoms with van der Waals surface area (Å²) in [5, 5.41) is 5.85. The number of fused-ring (bicyclic) bond motifs is 1. The van der Waals surface area contributed by atoms with Gasteiger partial charge in [-0.15, -0.1) is 0 Å². The van der Waals surface area contributed by atoms with Gasteiger partial charge in [-0.2, -0.15) is 0 Å². The number of imide groups is 1. The van der Waals surface area contributed by atoms with Crippen LogP contribution in [0.1, 0.15) is 58.4 Å². The molecular formula is C24H35N5O3. The minimum Gasteiger partial charge on any atom is -0.370 e. The SMILES string of the molecule is CC.Cn1c(=O)n(C2CCC(=O)NC2=O)c2cccc(N3CCC4(CCNCC4)CC3)c21. The molecule has 8 nitrogen and oxygen atoms in total. The zero-order valence-electron chi connectivity index (χ0n) is 19.4. The van der Waals surface area contributed by atoms with Crippen LogP contribution in [0.25, 0.3) is 11.0 Å². The summed E-state index contributed by atoms with van der Waals surface area (Å²) in [5.74, 6) is -0.664. The van der Waals surface area contributed by atoms with E-state index in [4.69, 9.17) is 0 Å². The molecule has 0 bridgehead atoms. The number of hydrogen-bond donors (Lipinski definition) is 2. The molecule has 4 heterocycles. The Bertz CT molecular complexity index is 1050. The number of para-hydroxylation sites is 1. The molecule has 174 valence electrons. The lowest BCUT2D eigenvalue weighted by Gasteiger charge is -2.45. The monoisotopic (exact) mass is 441 g/mol. The van der Waals surface area contributed by atoms with Crippen LogP contribution in [-0.4, -0.2) is 47.1 Å². The molecule has 0 aliphatic carbocycles. The molecule has 1 spiro atoms. The molecule has 1 atom stereocenters. The molecule has 3 saturated heterocycles. The predicted molar refractivity (Wildman–Crippen MR) is 126 cm³/mol. The highest BCUT2D eigenvalue weighted by atomic mass is 16.2. The fourth-order valence-corrected chi connectivity index (χ4v) is 5.58. The van der Waals surface area contributed by atoms with Gasteiger partial charge in [-0.3, -0.25) is 24.0 Å². The van der Waals surface area contributed by atoms with Crippen LogP contribution in [0.2, 0.25) is 0 Å². The van der Waals surface area contributed by atoms with Crippen molar-refractivity contribution in [2.75, 3.05) is 31.1 Å². The molecule has 2 aromatic rings. The van der Waals surface area contributed by atoms with E-state index in [1.807, 2.05) is 26.0 Å². The van der Waals surface area contributed by atoms with Gasteiger partial charge in [0.05, 0.1) is 16.7 Å². The van der Waals surface area contributed by atoms with Crippen LogP contribution in [0.3, 0.4) is 0 Å². The van der Waals surface area contributed by atoms with Crippen molar-refractivity contribution < 1.29 is 9.59 Å². The van der Waals surface area contributed by atoms with Crippen molar-refractivity contribution in [3.05, 3.63) is 28.7 Å². The number of aromatic nitrogens is 2. The summed E-state index contributed by atoms with van der Waals surface area (Å²) in [7, 11) is 1.77. The third-order valence-corrected chi connectivity index (χ3v) is 7.43. The van der Waals surface area contributed by atoms with Gasteiger partial charge >= 0.3 is 5.69 Å². The number of nitrogens with one attached hydrogen (secondary N) is 2. The smallest absolute Gasteiger partial charge is 0.329 e. The van der Waals surface area contributed by atoms with Gasteiger partial charge in [0, 0.05) is 26.6 Å². The molecule has 8 heteroatoms. The number of nitrogens with zero attached hydrogens (tertiary/aromatic N) is 3. The average molecular weight is 442 g/mol. The highest BCUT2D eigenvalue weighted by molar-refractivity contribution is 6.00. The molecule has 1 unspecified atom stereocenters. The summed E-state index contributed by atoms with van der Waals surface area (Å²) in [6.07, 6.45) is 5.45. The number of rotatable bonds is 2. The molecule has 2 N–H and O–H groups in total. The Balaban J connectivity index is 0.00000119. The molecule has 2 amide bonds. The molecule has 1 aromatic heterocycles. The van der Waals surface area contributed by atoms with Crippen LogP contribution >= 0.6 is 0 Å². The van der Waals surface area contributed by atoms with Crippen LogP contribution < -0.4 is 21.2 Å². The van der Waals surface area contributed by atoms with Crippen molar-refractivity contribution in [3.63, 3.8) is 0 Å². The number of amides is 2. The van der Waals surface area contributed by atoms with Gasteiger partial charge in [-0.1, -0.05) is 19.9 Å². The van der Waals surface area contributed by atoms with E-state index in [9.17, 15) is 14.4 Å². The fraction of sp³-hybridized carbons (Fsp3) is 0.625. The fourth-order valence-electron chi connectivity index (χ4n) is 5.58. The first-order valence-electron chi connectivity index (χ1n) is 12.0. The van der Waals surface area contributed by atoms with E-state index < -0.39 is 11.9 Å². The molecule has 5 rings (SSSR count). The van der Waals surface area contributed by atoms with E-state index >= 15 is 0 Å². The number of anilines is 1. The summed E-state index contributed by atoms with van der Waals surface area (Å²) in [6, 6.07) is 5.31. The van der Waals surface area contributed by atoms with Gasteiger partial charge in [0.2, 0.25) is 11.8 Å². The summed E-state index contributed by atoms with van der Waals surface area (Å²) < 4.78 is 3.22. The third kappa shape index (κ3) is 3.85. The first-order valence-corrected chi connectivity index (χ1v) is 12.0. The summed E-state index contributed by atoms with van der Waals surface area (Å²) in [5.41, 5.74) is 2.94. The molecule has 0 radical (unpaired) electrons. The van der Waals surface area contributed by atoms with Gasteiger partial charge < -0.3 is 10.2 Å². The Morgan fingerprint density at radius 2 is 1.69 bits per heavy atom. The molecule has 32 heavy (non-hydrogen) atoms. The van der Waals surface area contributed by atoms with Crippen LogP contribution in [0, 0.1) is 5.41 Å². The highest BCUT2D eigenvalue weighted by Gasteiger charge is 2.37. The lowest BCUT2D eigenvalue weighted by molar-refractivity contribution is -0.135. The number of imidazole rings is 1. The van der Waals surface area contributed by atoms with Crippen molar-refractivity contribution in [2.45, 2.75) is 58.4 Å². The Hall–Kier alpha value is -2.61. The van der Waals surface area contributed by atoms with Gasteiger partial charge in [0.1, 0.15) is 6.04 Å². The van der Waals surface area contributed by atoms with E-state index in [1.165, 1.54) is 25.7 Å². The zero-order valence-corrected chi connectivity index (χ0v) is 19.4. The van der Waals surface area contributed by atoms with Gasteiger partial charge in [0.25, 0.3) is 0 Å². The van der Waals surface area contributed by atoms with Crippen LogP contribution in [0.15, 0.2) is 23.0 Å². The first kappa shape index (κ1) is 22.6. The van der Waals surface area contributed by atoms with Crippen LogP contribution in [0.5, 0.6) is 0 Å².